The van der Waals surface area contributed by atoms with Crippen LogP contribution in [0.15, 0.2) is 27.6 Å². The number of halogens is 3. The van der Waals surface area contributed by atoms with Crippen LogP contribution in [0.2, 0.25) is 0 Å². The molecule has 1 aromatic carbocycles. The maximum atomic E-state index is 13.6. The number of nitrogens with one attached hydrogen (secondary N) is 1. The van der Waals surface area contributed by atoms with Crippen molar-refractivity contribution in [2.75, 3.05) is 5.33 Å². The topological polar surface area (TPSA) is 46.2 Å². The zero-order valence-electron chi connectivity index (χ0n) is 9.95. The molecule has 0 aliphatic carbocycles. The van der Waals surface area contributed by atoms with E-state index in [0.717, 1.165) is 6.07 Å². The largest absolute Gasteiger partial charge is 0.243 e. The van der Waals surface area contributed by atoms with Crippen LogP contribution < -0.4 is 4.72 Å². The molecule has 2 unspecified atom stereocenters. The monoisotopic (exact) mass is 401 g/mol. The second-order valence-corrected chi connectivity index (χ2v) is 7.36. The van der Waals surface area contributed by atoms with Crippen molar-refractivity contribution in [1.82, 2.24) is 4.72 Å². The first-order valence-electron chi connectivity index (χ1n) is 5.31. The van der Waals surface area contributed by atoms with Crippen LogP contribution in [-0.4, -0.2) is 19.8 Å². The van der Waals surface area contributed by atoms with Crippen LogP contribution in [-0.2, 0) is 10.0 Å². The smallest absolute Gasteiger partial charge is 0.208 e. The second-order valence-electron chi connectivity index (χ2n) is 4.12. The summed E-state index contributed by atoms with van der Waals surface area (Å²) in [6.45, 7) is 3.65. The van der Waals surface area contributed by atoms with E-state index in [1.165, 1.54) is 12.1 Å². The van der Waals surface area contributed by atoms with Gasteiger partial charge in [-0.2, -0.15) is 0 Å². The molecule has 0 amide bonds. The fourth-order valence-electron chi connectivity index (χ4n) is 1.25. The molecule has 1 N–H and O–H groups in total. The molecular formula is C11H14Br2FNO2S. The molecule has 0 saturated carbocycles. The summed E-state index contributed by atoms with van der Waals surface area (Å²) in [4.78, 5) is -0.334. The molecule has 0 radical (unpaired) electrons. The molecule has 0 aliphatic heterocycles. The van der Waals surface area contributed by atoms with Crippen LogP contribution in [0.1, 0.15) is 13.8 Å². The average Bonchev–Trinajstić information content (AvgIpc) is 2.26. The van der Waals surface area contributed by atoms with Gasteiger partial charge in [0.25, 0.3) is 0 Å². The van der Waals surface area contributed by atoms with Gasteiger partial charge < -0.3 is 0 Å². The fourth-order valence-corrected chi connectivity index (χ4v) is 3.56. The Kier molecular flexibility index (Phi) is 5.76. The SMILES string of the molecule is CC(CBr)C(C)NS(=O)(=O)c1ccc(Br)cc1F. The van der Waals surface area contributed by atoms with E-state index in [2.05, 4.69) is 36.6 Å². The van der Waals surface area contributed by atoms with Crippen LogP contribution >= 0.6 is 31.9 Å². The summed E-state index contributed by atoms with van der Waals surface area (Å²) in [5.41, 5.74) is 0. The highest BCUT2D eigenvalue weighted by molar-refractivity contribution is 9.10. The Morgan fingerprint density at radius 3 is 2.50 bits per heavy atom. The Balaban J connectivity index is 3.00. The lowest BCUT2D eigenvalue weighted by atomic mass is 10.1. The molecular weight excluding hydrogens is 389 g/mol. The molecule has 0 heterocycles. The van der Waals surface area contributed by atoms with Gasteiger partial charge in [0.15, 0.2) is 0 Å². The van der Waals surface area contributed by atoms with E-state index in [-0.39, 0.29) is 16.9 Å². The van der Waals surface area contributed by atoms with Crippen LogP contribution in [0.25, 0.3) is 0 Å². The second kappa shape index (κ2) is 6.45. The predicted molar refractivity (Wildman–Crippen MR) is 76.8 cm³/mol. The Morgan fingerprint density at radius 1 is 1.39 bits per heavy atom. The summed E-state index contributed by atoms with van der Waals surface area (Å²) in [6, 6.07) is 3.59. The van der Waals surface area contributed by atoms with E-state index in [9.17, 15) is 12.8 Å². The first kappa shape index (κ1) is 16.1. The van der Waals surface area contributed by atoms with Gasteiger partial charge in [0.1, 0.15) is 10.7 Å². The molecule has 7 heteroatoms. The van der Waals surface area contributed by atoms with Gasteiger partial charge in [-0.15, -0.1) is 0 Å². The van der Waals surface area contributed by atoms with E-state index in [1.807, 2.05) is 6.92 Å². The summed E-state index contributed by atoms with van der Waals surface area (Å²) < 4.78 is 40.6. The predicted octanol–water partition coefficient (Wildman–Crippen LogP) is 3.29. The average molecular weight is 403 g/mol. The Bertz CT molecular complexity index is 522. The minimum absolute atomic E-state index is 0.110. The van der Waals surface area contributed by atoms with Crippen molar-refractivity contribution in [2.45, 2.75) is 24.8 Å². The van der Waals surface area contributed by atoms with Gasteiger partial charge in [-0.05, 0) is 31.0 Å². The number of hydrogen-bond donors (Lipinski definition) is 1. The van der Waals surface area contributed by atoms with Crippen molar-refractivity contribution in [1.29, 1.82) is 0 Å². The highest BCUT2D eigenvalue weighted by Crippen LogP contribution is 2.20. The van der Waals surface area contributed by atoms with Crippen LogP contribution in [0, 0.1) is 11.7 Å². The standard InChI is InChI=1S/C11H14Br2FNO2S/c1-7(6-12)8(2)15-18(16,17)11-4-3-9(13)5-10(11)14/h3-5,7-8,15H,6H2,1-2H3. The molecule has 18 heavy (non-hydrogen) atoms. The molecule has 102 valence electrons. The van der Waals surface area contributed by atoms with Gasteiger partial charge in [-0.3, -0.25) is 0 Å². The van der Waals surface area contributed by atoms with E-state index in [0.29, 0.717) is 9.80 Å². The molecule has 0 saturated heterocycles. The van der Waals surface area contributed by atoms with Crippen molar-refractivity contribution in [3.63, 3.8) is 0 Å². The molecule has 3 nitrogen and oxygen atoms in total. The van der Waals surface area contributed by atoms with Crippen molar-refractivity contribution in [3.05, 3.63) is 28.5 Å². The number of alkyl halides is 1. The molecule has 0 aromatic heterocycles. The lowest BCUT2D eigenvalue weighted by Gasteiger charge is -2.19. The first-order chi connectivity index (χ1) is 8.27. The molecule has 0 aliphatic rings. The maximum absolute atomic E-state index is 13.6. The number of rotatable bonds is 5. The van der Waals surface area contributed by atoms with Gasteiger partial charge in [-0.1, -0.05) is 38.8 Å². The summed E-state index contributed by atoms with van der Waals surface area (Å²) in [6.07, 6.45) is 0. The maximum Gasteiger partial charge on any atom is 0.243 e. The number of benzene rings is 1. The van der Waals surface area contributed by atoms with Gasteiger partial charge in [0.2, 0.25) is 10.0 Å². The van der Waals surface area contributed by atoms with Crippen molar-refractivity contribution >= 4 is 41.9 Å². The van der Waals surface area contributed by atoms with Crippen molar-refractivity contribution in [3.8, 4) is 0 Å². The molecule has 2 atom stereocenters. The van der Waals surface area contributed by atoms with Crippen molar-refractivity contribution < 1.29 is 12.8 Å². The third-order valence-corrected chi connectivity index (χ3v) is 5.73. The number of sulfonamides is 1. The Hall–Kier alpha value is 0.0200. The van der Waals surface area contributed by atoms with Crippen LogP contribution in [0.3, 0.4) is 0 Å². The zero-order chi connectivity index (χ0) is 13.9. The van der Waals surface area contributed by atoms with Crippen LogP contribution in [0.4, 0.5) is 4.39 Å². The summed E-state index contributed by atoms with van der Waals surface area (Å²) in [7, 11) is -3.83. The molecule has 0 fully saturated rings. The lowest BCUT2D eigenvalue weighted by Crippen LogP contribution is -2.38. The third-order valence-electron chi connectivity index (χ3n) is 2.62. The summed E-state index contributed by atoms with van der Waals surface area (Å²) in [5.74, 6) is -0.658. The normalized spacial score (nSPS) is 15.4. The minimum atomic E-state index is -3.83. The van der Waals surface area contributed by atoms with E-state index >= 15 is 0 Å². The quantitative estimate of drug-likeness (QED) is 0.768. The first-order valence-corrected chi connectivity index (χ1v) is 8.71. The molecule has 1 rings (SSSR count). The third kappa shape index (κ3) is 4.01. The fraction of sp³-hybridized carbons (Fsp3) is 0.455. The summed E-state index contributed by atoms with van der Waals surface area (Å²) >= 11 is 6.37. The van der Waals surface area contributed by atoms with E-state index in [4.69, 9.17) is 0 Å². The van der Waals surface area contributed by atoms with Gasteiger partial charge >= 0.3 is 0 Å². The summed E-state index contributed by atoms with van der Waals surface area (Å²) in [5, 5.41) is 0.666. The highest BCUT2D eigenvalue weighted by Gasteiger charge is 2.23. The molecule has 0 bridgehead atoms. The van der Waals surface area contributed by atoms with E-state index < -0.39 is 15.8 Å². The zero-order valence-corrected chi connectivity index (χ0v) is 13.9. The minimum Gasteiger partial charge on any atom is -0.208 e. The van der Waals surface area contributed by atoms with Gasteiger partial charge in [0.05, 0.1) is 0 Å². The molecule has 0 spiro atoms. The Morgan fingerprint density at radius 2 is 2.00 bits per heavy atom. The van der Waals surface area contributed by atoms with E-state index in [1.54, 1.807) is 6.92 Å². The Labute approximate surface area is 123 Å². The highest BCUT2D eigenvalue weighted by atomic mass is 79.9. The van der Waals surface area contributed by atoms with Gasteiger partial charge in [-0.25, -0.2) is 17.5 Å². The van der Waals surface area contributed by atoms with Crippen molar-refractivity contribution in [2.24, 2.45) is 5.92 Å². The van der Waals surface area contributed by atoms with Crippen LogP contribution in [0.5, 0.6) is 0 Å². The lowest BCUT2D eigenvalue weighted by molar-refractivity contribution is 0.480. The molecule has 1 aromatic rings. The van der Waals surface area contributed by atoms with Gasteiger partial charge in [0, 0.05) is 15.8 Å². The number of hydrogen-bond acceptors (Lipinski definition) is 2.